The highest BCUT2D eigenvalue weighted by atomic mass is 16.5. The average molecular weight is 320 g/mol. The predicted molar refractivity (Wildman–Crippen MR) is 95.5 cm³/mol. The Balaban J connectivity index is 0. The molecule has 0 aromatic rings. The van der Waals surface area contributed by atoms with Gasteiger partial charge in [-0.05, 0) is 40.5 Å². The van der Waals surface area contributed by atoms with Crippen molar-refractivity contribution >= 4 is 0 Å². The zero-order chi connectivity index (χ0) is 17.8. The molecule has 0 bridgehead atoms. The highest BCUT2D eigenvalue weighted by Gasteiger charge is 2.28. The topological polar surface area (TPSA) is 45.8 Å². The maximum absolute atomic E-state index is 6.02. The number of hydrogen-bond donors (Lipinski definition) is 2. The number of likely N-dealkylation sites (N-methyl/N-ethyl adjacent to an activating group) is 1. The largest absolute Gasteiger partial charge is 0.375 e. The van der Waals surface area contributed by atoms with Crippen molar-refractivity contribution in [2.24, 2.45) is 0 Å². The van der Waals surface area contributed by atoms with Gasteiger partial charge in [0.05, 0.1) is 24.4 Å². The van der Waals surface area contributed by atoms with Crippen molar-refractivity contribution in [2.45, 2.75) is 92.6 Å². The Morgan fingerprint density at radius 3 is 2.00 bits per heavy atom. The second kappa shape index (κ2) is 12.3. The molecular formula is C17H41N3O2. The fourth-order valence-electron chi connectivity index (χ4n) is 1.71. The molecule has 2 N–H and O–H groups in total. The number of hydrogen-bond acceptors (Lipinski definition) is 5. The first-order valence-electron chi connectivity index (χ1n) is 8.78. The van der Waals surface area contributed by atoms with Gasteiger partial charge in [0.25, 0.3) is 0 Å². The molecule has 136 valence electrons. The summed E-state index contributed by atoms with van der Waals surface area (Å²) in [4.78, 5) is 0. The van der Waals surface area contributed by atoms with Gasteiger partial charge in [0.1, 0.15) is 6.23 Å². The molecule has 1 aliphatic rings. The predicted octanol–water partition coefficient (Wildman–Crippen LogP) is 3.71. The lowest BCUT2D eigenvalue weighted by Crippen LogP contribution is -2.41. The van der Waals surface area contributed by atoms with Gasteiger partial charge in [0.2, 0.25) is 0 Å². The lowest BCUT2D eigenvalue weighted by molar-refractivity contribution is -0.105. The Morgan fingerprint density at radius 2 is 1.59 bits per heavy atom. The number of nitrogens with one attached hydrogen (secondary N) is 2. The summed E-state index contributed by atoms with van der Waals surface area (Å²) in [6, 6.07) is 0. The summed E-state index contributed by atoms with van der Waals surface area (Å²) in [6.45, 7) is 20.2. The smallest absolute Gasteiger partial charge is 0.136 e. The van der Waals surface area contributed by atoms with Crippen LogP contribution in [-0.4, -0.2) is 42.6 Å². The van der Waals surface area contributed by atoms with Crippen LogP contribution in [0.2, 0.25) is 0 Å². The quantitative estimate of drug-likeness (QED) is 0.749. The summed E-state index contributed by atoms with van der Waals surface area (Å²) >= 11 is 0. The van der Waals surface area contributed by atoms with Crippen molar-refractivity contribution in [1.29, 1.82) is 0 Å². The fraction of sp³-hybridized carbons (Fsp3) is 1.00. The second-order valence-corrected chi connectivity index (χ2v) is 6.21. The molecule has 1 heterocycles. The van der Waals surface area contributed by atoms with Gasteiger partial charge in [0, 0.05) is 7.05 Å². The molecule has 1 atom stereocenters. The fourth-order valence-corrected chi connectivity index (χ4v) is 1.71. The maximum Gasteiger partial charge on any atom is 0.136 e. The van der Waals surface area contributed by atoms with Crippen LogP contribution in [0.15, 0.2) is 0 Å². The molecule has 0 saturated carbocycles. The van der Waals surface area contributed by atoms with Crippen LogP contribution in [0, 0.1) is 0 Å². The number of rotatable bonds is 7. The SMILES string of the molecule is CC.CC.CCC(C)(C)OCCC(C)(C)OC1CN(C)NN1. The molecule has 22 heavy (non-hydrogen) atoms. The van der Waals surface area contributed by atoms with Gasteiger partial charge in [-0.2, -0.15) is 5.53 Å². The van der Waals surface area contributed by atoms with Crippen LogP contribution in [0.3, 0.4) is 0 Å². The van der Waals surface area contributed by atoms with Crippen LogP contribution in [0.1, 0.15) is 75.2 Å². The summed E-state index contributed by atoms with van der Waals surface area (Å²) in [5.74, 6) is 0. The third kappa shape index (κ3) is 11.4. The first-order valence-corrected chi connectivity index (χ1v) is 8.78. The van der Waals surface area contributed by atoms with Gasteiger partial charge in [-0.3, -0.25) is 0 Å². The van der Waals surface area contributed by atoms with Gasteiger partial charge in [-0.25, -0.2) is 10.4 Å². The summed E-state index contributed by atoms with van der Waals surface area (Å²) in [5.41, 5.74) is 5.88. The third-order valence-electron chi connectivity index (χ3n) is 3.37. The summed E-state index contributed by atoms with van der Waals surface area (Å²) in [6.07, 6.45) is 1.94. The van der Waals surface area contributed by atoms with Gasteiger partial charge in [-0.1, -0.05) is 34.6 Å². The van der Waals surface area contributed by atoms with Crippen molar-refractivity contribution in [1.82, 2.24) is 16.0 Å². The lowest BCUT2D eigenvalue weighted by atomic mass is 10.0. The molecule has 1 rings (SSSR count). The molecule has 0 spiro atoms. The van der Waals surface area contributed by atoms with E-state index in [0.717, 1.165) is 26.0 Å². The molecule has 1 saturated heterocycles. The van der Waals surface area contributed by atoms with Crippen LogP contribution in [0.25, 0.3) is 0 Å². The molecule has 0 radical (unpaired) electrons. The van der Waals surface area contributed by atoms with Crippen LogP contribution >= 0.6 is 0 Å². The second-order valence-electron chi connectivity index (χ2n) is 6.21. The summed E-state index contributed by atoms with van der Waals surface area (Å²) < 4.78 is 11.9. The van der Waals surface area contributed by atoms with Crippen LogP contribution in [-0.2, 0) is 9.47 Å². The number of hydrazine groups is 2. The average Bonchev–Trinajstić information content (AvgIpc) is 2.87. The van der Waals surface area contributed by atoms with Gasteiger partial charge >= 0.3 is 0 Å². The molecule has 5 nitrogen and oxygen atoms in total. The Bertz CT molecular complexity index is 258. The molecule has 0 aromatic carbocycles. The Kier molecular flexibility index (Phi) is 13.4. The van der Waals surface area contributed by atoms with Crippen molar-refractivity contribution in [3.05, 3.63) is 0 Å². The molecule has 0 aliphatic carbocycles. The Hall–Kier alpha value is -0.200. The third-order valence-corrected chi connectivity index (χ3v) is 3.37. The lowest BCUT2D eigenvalue weighted by Gasteiger charge is -2.31. The van der Waals surface area contributed by atoms with Gasteiger partial charge in [-0.15, -0.1) is 0 Å². The normalized spacial score (nSPS) is 19.1. The van der Waals surface area contributed by atoms with E-state index in [1.165, 1.54) is 0 Å². The molecule has 0 amide bonds. The van der Waals surface area contributed by atoms with Gasteiger partial charge < -0.3 is 9.47 Å². The Labute approximate surface area is 139 Å². The number of nitrogens with zero attached hydrogens (tertiary/aromatic N) is 1. The minimum absolute atomic E-state index is 0.0317. The highest BCUT2D eigenvalue weighted by Crippen LogP contribution is 2.20. The summed E-state index contributed by atoms with van der Waals surface area (Å²) in [5, 5.41) is 1.97. The minimum Gasteiger partial charge on any atom is -0.375 e. The van der Waals surface area contributed by atoms with Crippen molar-refractivity contribution in [3.63, 3.8) is 0 Å². The zero-order valence-electron chi connectivity index (χ0n) is 16.7. The molecule has 1 aliphatic heterocycles. The van der Waals surface area contributed by atoms with E-state index in [4.69, 9.17) is 9.47 Å². The van der Waals surface area contributed by atoms with E-state index in [9.17, 15) is 0 Å². The Morgan fingerprint density at radius 1 is 1.05 bits per heavy atom. The van der Waals surface area contributed by atoms with Crippen LogP contribution in [0.5, 0.6) is 0 Å². The minimum atomic E-state index is -0.186. The highest BCUT2D eigenvalue weighted by molar-refractivity contribution is 4.74. The molecule has 0 aromatic heterocycles. The van der Waals surface area contributed by atoms with Crippen molar-refractivity contribution < 1.29 is 9.47 Å². The van der Waals surface area contributed by atoms with Crippen molar-refractivity contribution in [2.75, 3.05) is 20.2 Å². The van der Waals surface area contributed by atoms with E-state index in [1.54, 1.807) is 0 Å². The van der Waals surface area contributed by atoms with Crippen molar-refractivity contribution in [3.8, 4) is 0 Å². The maximum atomic E-state index is 6.02. The number of ether oxygens (including phenoxy) is 2. The van der Waals surface area contributed by atoms with E-state index in [1.807, 2.05) is 39.8 Å². The van der Waals surface area contributed by atoms with E-state index >= 15 is 0 Å². The molecule has 1 fully saturated rings. The van der Waals surface area contributed by atoms with Crippen LogP contribution in [0.4, 0.5) is 0 Å². The molecule has 5 heteroatoms. The van der Waals surface area contributed by atoms with Gasteiger partial charge in [0.15, 0.2) is 0 Å². The standard InChI is InChI=1S/C13H29N3O2.2C2H6/c1-7-12(2,3)17-9-8-13(4,5)18-11-10-16(6)15-14-11;2*1-2/h11,14-15H,7-10H2,1-6H3;2*1-2H3. The van der Waals surface area contributed by atoms with E-state index in [2.05, 4.69) is 45.6 Å². The van der Waals surface area contributed by atoms with E-state index in [0.29, 0.717) is 0 Å². The van der Waals surface area contributed by atoms with Crippen LogP contribution < -0.4 is 11.0 Å². The van der Waals surface area contributed by atoms with E-state index in [-0.39, 0.29) is 17.4 Å². The first kappa shape index (κ1) is 24.1. The molecular weight excluding hydrogens is 278 g/mol. The molecule has 1 unspecified atom stereocenters. The monoisotopic (exact) mass is 319 g/mol. The summed E-state index contributed by atoms with van der Waals surface area (Å²) in [7, 11) is 1.98. The van der Waals surface area contributed by atoms with E-state index < -0.39 is 0 Å². The first-order chi connectivity index (χ1) is 10.2. The zero-order valence-corrected chi connectivity index (χ0v) is 16.7.